The Morgan fingerprint density at radius 2 is 1.86 bits per heavy atom. The highest BCUT2D eigenvalue weighted by Gasteiger charge is 2.22. The van der Waals surface area contributed by atoms with E-state index < -0.39 is 30.4 Å². The Labute approximate surface area is 127 Å². The van der Waals surface area contributed by atoms with Crippen molar-refractivity contribution in [2.75, 3.05) is 18.6 Å². The second-order valence-electron chi connectivity index (χ2n) is 4.27. The summed E-state index contributed by atoms with van der Waals surface area (Å²) in [5.41, 5.74) is 0. The number of pyridine rings is 1. The molecule has 9 heteroatoms. The summed E-state index contributed by atoms with van der Waals surface area (Å²) in [6, 6.07) is 6.60. The molecule has 0 spiro atoms. The highest BCUT2D eigenvalue weighted by atomic mass is 35.7. The molecule has 0 amide bonds. The zero-order valence-corrected chi connectivity index (χ0v) is 13.4. The smallest absolute Gasteiger partial charge is 0.233 e. The molecule has 0 N–H and O–H groups in total. The maximum Gasteiger partial charge on any atom is 0.233 e. The maximum absolute atomic E-state index is 12.3. The molecule has 0 aliphatic rings. The van der Waals surface area contributed by atoms with Gasteiger partial charge in [-0.25, -0.2) is 21.8 Å². The Hall–Kier alpha value is -1.38. The Bertz CT molecular complexity index is 878. The third-order valence-corrected chi connectivity index (χ3v) is 5.90. The van der Waals surface area contributed by atoms with Crippen LogP contribution in [-0.4, -0.2) is 40.4 Å². The van der Waals surface area contributed by atoms with E-state index in [1.54, 1.807) is 24.3 Å². The number of sulfone groups is 1. The highest BCUT2D eigenvalue weighted by Crippen LogP contribution is 2.26. The minimum atomic E-state index is -3.89. The summed E-state index contributed by atoms with van der Waals surface area (Å²) >= 11 is 0. The van der Waals surface area contributed by atoms with E-state index in [4.69, 9.17) is 15.4 Å². The molecule has 21 heavy (non-hydrogen) atoms. The van der Waals surface area contributed by atoms with E-state index in [2.05, 4.69) is 4.98 Å². The minimum absolute atomic E-state index is 0.181. The molecule has 0 radical (unpaired) electrons. The molecule has 2 aromatic rings. The lowest BCUT2D eigenvalue weighted by atomic mass is 10.2. The van der Waals surface area contributed by atoms with Gasteiger partial charge in [-0.3, -0.25) is 0 Å². The maximum atomic E-state index is 12.3. The average Bonchev–Trinajstić information content (AvgIpc) is 2.43. The minimum Gasteiger partial charge on any atom is -0.497 e. The number of hydrogen-bond acceptors (Lipinski definition) is 6. The molecule has 0 atom stereocenters. The van der Waals surface area contributed by atoms with Crippen molar-refractivity contribution in [3.8, 4) is 5.75 Å². The Kier molecular flexibility index (Phi) is 4.40. The number of hydrogen-bond donors (Lipinski definition) is 0. The van der Waals surface area contributed by atoms with Crippen molar-refractivity contribution in [3.63, 3.8) is 0 Å². The average molecular weight is 350 g/mol. The first-order valence-corrected chi connectivity index (χ1v) is 9.94. The Balaban J connectivity index is 2.54. The summed E-state index contributed by atoms with van der Waals surface area (Å²) in [7, 11) is -1.24. The van der Waals surface area contributed by atoms with E-state index in [0.717, 1.165) is 0 Å². The van der Waals surface area contributed by atoms with Crippen molar-refractivity contribution in [2.24, 2.45) is 0 Å². The third-order valence-electron chi connectivity index (χ3n) is 2.83. The lowest BCUT2D eigenvalue weighted by Gasteiger charge is -2.08. The van der Waals surface area contributed by atoms with Crippen LogP contribution in [-0.2, 0) is 18.9 Å². The fourth-order valence-corrected chi connectivity index (χ4v) is 4.97. The van der Waals surface area contributed by atoms with E-state index >= 15 is 0 Å². The molecule has 0 fully saturated rings. The molecule has 2 rings (SSSR count). The van der Waals surface area contributed by atoms with Crippen LogP contribution < -0.4 is 4.74 Å². The fraction of sp³-hybridized carbons (Fsp3) is 0.250. The van der Waals surface area contributed by atoms with E-state index in [0.29, 0.717) is 16.5 Å². The Morgan fingerprint density at radius 1 is 1.14 bits per heavy atom. The molecule has 6 nitrogen and oxygen atoms in total. The van der Waals surface area contributed by atoms with Gasteiger partial charge in [-0.1, -0.05) is 6.07 Å². The van der Waals surface area contributed by atoms with Crippen molar-refractivity contribution in [1.82, 2.24) is 4.98 Å². The largest absolute Gasteiger partial charge is 0.497 e. The van der Waals surface area contributed by atoms with Crippen LogP contribution in [0, 0.1) is 0 Å². The molecule has 0 unspecified atom stereocenters. The summed E-state index contributed by atoms with van der Waals surface area (Å²) < 4.78 is 51.5. The van der Waals surface area contributed by atoms with Crippen molar-refractivity contribution < 1.29 is 21.6 Å². The number of aromatic nitrogens is 1. The van der Waals surface area contributed by atoms with Gasteiger partial charge in [0.15, 0.2) is 14.9 Å². The van der Waals surface area contributed by atoms with Crippen LogP contribution in [0.25, 0.3) is 10.8 Å². The van der Waals surface area contributed by atoms with Crippen molar-refractivity contribution in [2.45, 2.75) is 5.03 Å². The number of nitrogens with zero attached hydrogens (tertiary/aromatic N) is 1. The summed E-state index contributed by atoms with van der Waals surface area (Å²) in [6.45, 7) is 0. The van der Waals surface area contributed by atoms with Crippen molar-refractivity contribution in [3.05, 3.63) is 30.5 Å². The second-order valence-corrected chi connectivity index (χ2v) is 9.19. The molecule has 0 bridgehead atoms. The molecule has 1 aromatic carbocycles. The summed E-state index contributed by atoms with van der Waals surface area (Å²) in [4.78, 5) is 3.87. The molecular formula is C12H12ClNO5S2. The van der Waals surface area contributed by atoms with Crippen LogP contribution in [0.2, 0.25) is 0 Å². The van der Waals surface area contributed by atoms with Gasteiger partial charge in [0, 0.05) is 22.3 Å². The predicted molar refractivity (Wildman–Crippen MR) is 80.0 cm³/mol. The Morgan fingerprint density at radius 3 is 2.48 bits per heavy atom. The second kappa shape index (κ2) is 5.78. The van der Waals surface area contributed by atoms with E-state index in [-0.39, 0.29) is 5.03 Å². The molecule has 0 aliphatic heterocycles. The number of halogens is 1. The first-order valence-electron chi connectivity index (χ1n) is 5.81. The zero-order chi connectivity index (χ0) is 15.7. The number of benzene rings is 1. The highest BCUT2D eigenvalue weighted by molar-refractivity contribution is 8.14. The van der Waals surface area contributed by atoms with Crippen LogP contribution >= 0.6 is 10.7 Å². The lowest BCUT2D eigenvalue weighted by Crippen LogP contribution is -2.15. The monoisotopic (exact) mass is 349 g/mol. The summed E-state index contributed by atoms with van der Waals surface area (Å²) in [6.07, 6.45) is 1.36. The topological polar surface area (TPSA) is 90.4 Å². The molecule has 0 aliphatic carbocycles. The van der Waals surface area contributed by atoms with Crippen molar-refractivity contribution in [1.29, 1.82) is 0 Å². The van der Waals surface area contributed by atoms with Gasteiger partial charge in [0.2, 0.25) is 9.05 Å². The molecular weight excluding hydrogens is 338 g/mol. The van der Waals surface area contributed by atoms with Crippen molar-refractivity contribution >= 4 is 40.3 Å². The standard InChI is InChI=1S/C12H12ClNO5S2/c1-19-10-3-2-9-4-5-14-12(11(9)8-10)20(15,16)6-7-21(13,17)18/h2-5,8H,6-7H2,1H3. The summed E-state index contributed by atoms with van der Waals surface area (Å²) in [5, 5.41) is 0.862. The zero-order valence-electron chi connectivity index (χ0n) is 11.0. The number of rotatable bonds is 5. The van der Waals surface area contributed by atoms with Crippen LogP contribution in [0.3, 0.4) is 0 Å². The SMILES string of the molecule is COc1ccc2ccnc(S(=O)(=O)CCS(=O)(=O)Cl)c2c1. The van der Waals surface area contributed by atoms with Crippen LogP contribution in [0.4, 0.5) is 0 Å². The van der Waals surface area contributed by atoms with Gasteiger partial charge in [-0.05, 0) is 23.6 Å². The van der Waals surface area contributed by atoms with Crippen LogP contribution in [0.1, 0.15) is 0 Å². The first kappa shape index (κ1) is 16.0. The van der Waals surface area contributed by atoms with Crippen LogP contribution in [0.15, 0.2) is 35.5 Å². The number of ether oxygens (including phenoxy) is 1. The first-order chi connectivity index (χ1) is 9.73. The predicted octanol–water partition coefficient (Wildman–Crippen LogP) is 1.59. The summed E-state index contributed by atoms with van der Waals surface area (Å²) in [5.74, 6) is -0.807. The molecule has 0 saturated heterocycles. The quantitative estimate of drug-likeness (QED) is 0.761. The van der Waals surface area contributed by atoms with Gasteiger partial charge in [-0.15, -0.1) is 0 Å². The van der Waals surface area contributed by atoms with E-state index in [9.17, 15) is 16.8 Å². The van der Waals surface area contributed by atoms with Crippen LogP contribution in [0.5, 0.6) is 5.75 Å². The van der Waals surface area contributed by atoms with E-state index in [1.807, 2.05) is 0 Å². The molecule has 1 aromatic heterocycles. The van der Waals surface area contributed by atoms with Gasteiger partial charge >= 0.3 is 0 Å². The van der Waals surface area contributed by atoms with Gasteiger partial charge in [0.1, 0.15) is 5.75 Å². The molecule has 0 saturated carbocycles. The lowest BCUT2D eigenvalue weighted by molar-refractivity contribution is 0.415. The number of methoxy groups -OCH3 is 1. The van der Waals surface area contributed by atoms with Gasteiger partial charge in [0.05, 0.1) is 18.6 Å². The molecule has 114 valence electrons. The number of fused-ring (bicyclic) bond motifs is 1. The van der Waals surface area contributed by atoms with Gasteiger partial charge in [0.25, 0.3) is 0 Å². The van der Waals surface area contributed by atoms with Gasteiger partial charge < -0.3 is 4.74 Å². The normalized spacial score (nSPS) is 12.5. The van der Waals surface area contributed by atoms with E-state index in [1.165, 1.54) is 13.3 Å². The fourth-order valence-electron chi connectivity index (χ4n) is 1.80. The molecule has 1 heterocycles. The third kappa shape index (κ3) is 3.84. The van der Waals surface area contributed by atoms with Gasteiger partial charge in [-0.2, -0.15) is 0 Å².